The molecule has 1 aliphatic rings. The number of nitrogens with zero attached hydrogens (tertiary/aromatic N) is 2. The molecule has 2 rings (SSSR count). The van der Waals surface area contributed by atoms with Crippen molar-refractivity contribution in [2.24, 2.45) is 5.92 Å². The maximum Gasteiger partial charge on any atom is 0.422 e. The van der Waals surface area contributed by atoms with Gasteiger partial charge >= 0.3 is 12.2 Å². The number of carbonyl (C=O) groups excluding carboxylic acids is 1. The van der Waals surface area contributed by atoms with Gasteiger partial charge in [-0.25, -0.2) is 19.6 Å². The topological polar surface area (TPSA) is 82.1 Å². The maximum absolute atomic E-state index is 11.9. The summed E-state index contributed by atoms with van der Waals surface area (Å²) in [6.45, 7) is 7.65. The van der Waals surface area contributed by atoms with Crippen LogP contribution in [0.5, 0.6) is 0 Å². The fourth-order valence-corrected chi connectivity index (χ4v) is 3.23. The minimum absolute atomic E-state index is 0.192. The average Bonchev–Trinajstić information content (AvgIpc) is 2.58. The van der Waals surface area contributed by atoms with Gasteiger partial charge in [-0.15, -0.1) is 0 Å². The van der Waals surface area contributed by atoms with Crippen molar-refractivity contribution in [3.8, 4) is 0 Å². The van der Waals surface area contributed by atoms with E-state index in [0.29, 0.717) is 19.6 Å². The molecule has 7 heteroatoms. The van der Waals surface area contributed by atoms with Gasteiger partial charge in [0.05, 0.1) is 5.54 Å². The monoisotopic (exact) mass is 363 g/mol. The third kappa shape index (κ3) is 5.91. The second-order valence-electron chi connectivity index (χ2n) is 7.63. The Labute approximate surface area is 154 Å². The third-order valence-corrected chi connectivity index (χ3v) is 4.34. The number of alkyl carbamates (subject to hydrolysis) is 1. The maximum atomic E-state index is 11.9. The van der Waals surface area contributed by atoms with Gasteiger partial charge in [0.25, 0.3) is 0 Å². The molecule has 26 heavy (non-hydrogen) atoms. The summed E-state index contributed by atoms with van der Waals surface area (Å²) in [5, 5.41) is 15.6. The molecule has 1 saturated heterocycles. The van der Waals surface area contributed by atoms with Crippen LogP contribution in [0.3, 0.4) is 0 Å². The van der Waals surface area contributed by atoms with Gasteiger partial charge in [-0.2, -0.15) is 0 Å². The fraction of sp³-hybridized carbons (Fsp3) is 0.579. The molecular weight excluding hydrogens is 334 g/mol. The van der Waals surface area contributed by atoms with Crippen LogP contribution >= 0.6 is 0 Å². The summed E-state index contributed by atoms with van der Waals surface area (Å²) in [6.07, 6.45) is 0.448. The van der Waals surface area contributed by atoms with Crippen LogP contribution in [0, 0.1) is 5.92 Å². The molecule has 1 heterocycles. The smallest absolute Gasteiger partial charge is 0.422 e. The molecule has 1 aromatic carbocycles. The van der Waals surface area contributed by atoms with Gasteiger partial charge < -0.3 is 15.2 Å². The number of hydrogen-bond acceptors (Lipinski definition) is 4. The zero-order valence-electron chi connectivity index (χ0n) is 15.8. The Kier molecular flexibility index (Phi) is 6.85. The van der Waals surface area contributed by atoms with Crippen molar-refractivity contribution in [1.82, 2.24) is 15.3 Å². The Bertz CT molecular complexity index is 601. The number of benzene rings is 1. The minimum atomic E-state index is -0.951. The quantitative estimate of drug-likeness (QED) is 0.839. The van der Waals surface area contributed by atoms with E-state index < -0.39 is 17.7 Å². The zero-order chi connectivity index (χ0) is 19.2. The molecule has 0 unspecified atom stereocenters. The Hall–Kier alpha value is -2.28. The van der Waals surface area contributed by atoms with Gasteiger partial charge in [0, 0.05) is 19.6 Å². The predicted octanol–water partition coefficient (Wildman–Crippen LogP) is 3.32. The van der Waals surface area contributed by atoms with Crippen LogP contribution in [-0.2, 0) is 11.3 Å². The molecule has 0 aliphatic carbocycles. The number of hydrazine groups is 1. The van der Waals surface area contributed by atoms with E-state index in [1.807, 2.05) is 56.1 Å². The van der Waals surface area contributed by atoms with Gasteiger partial charge in [-0.3, -0.25) is 0 Å². The van der Waals surface area contributed by atoms with Crippen molar-refractivity contribution in [3.63, 3.8) is 0 Å². The fourth-order valence-electron chi connectivity index (χ4n) is 3.23. The van der Waals surface area contributed by atoms with Gasteiger partial charge in [0.2, 0.25) is 0 Å². The zero-order valence-corrected chi connectivity index (χ0v) is 15.8. The number of amides is 2. The summed E-state index contributed by atoms with van der Waals surface area (Å²) in [5.74, 6) is 0.192. The number of piperidine rings is 1. The molecule has 1 aliphatic heterocycles. The second kappa shape index (κ2) is 8.89. The largest absolute Gasteiger partial charge is 0.464 e. The lowest BCUT2D eigenvalue weighted by molar-refractivity contribution is -0.0865. The van der Waals surface area contributed by atoms with Crippen LogP contribution in [0.25, 0.3) is 0 Å². The SMILES string of the molecule is CC(C)(C)N(C(=O)O)N1CCC[C@H](CNC(=O)OCc2ccccc2)C1. The molecule has 7 nitrogen and oxygen atoms in total. The first kappa shape index (κ1) is 20.0. The highest BCUT2D eigenvalue weighted by atomic mass is 16.5. The summed E-state index contributed by atoms with van der Waals surface area (Å²) >= 11 is 0. The Morgan fingerprint density at radius 1 is 1.31 bits per heavy atom. The van der Waals surface area contributed by atoms with Gasteiger partial charge in [-0.05, 0) is 45.1 Å². The molecule has 1 atom stereocenters. The van der Waals surface area contributed by atoms with Gasteiger partial charge in [0.1, 0.15) is 6.61 Å². The average molecular weight is 363 g/mol. The molecule has 1 aromatic rings. The van der Waals surface area contributed by atoms with E-state index >= 15 is 0 Å². The highest BCUT2D eigenvalue weighted by Crippen LogP contribution is 2.23. The molecule has 0 aromatic heterocycles. The third-order valence-electron chi connectivity index (χ3n) is 4.34. The number of hydrogen-bond donors (Lipinski definition) is 2. The highest BCUT2D eigenvalue weighted by molar-refractivity contribution is 5.67. The van der Waals surface area contributed by atoms with Crippen LogP contribution in [0.4, 0.5) is 9.59 Å². The molecule has 2 amide bonds. The van der Waals surface area contributed by atoms with Crippen LogP contribution in [0.15, 0.2) is 30.3 Å². The number of nitrogens with one attached hydrogen (secondary N) is 1. The molecule has 0 radical (unpaired) electrons. The van der Waals surface area contributed by atoms with Crippen LogP contribution < -0.4 is 5.32 Å². The lowest BCUT2D eigenvalue weighted by Crippen LogP contribution is -2.58. The van der Waals surface area contributed by atoms with Crippen molar-refractivity contribution >= 4 is 12.2 Å². The van der Waals surface area contributed by atoms with Gasteiger partial charge in [-0.1, -0.05) is 30.3 Å². The van der Waals surface area contributed by atoms with E-state index in [-0.39, 0.29) is 12.5 Å². The van der Waals surface area contributed by atoms with E-state index in [4.69, 9.17) is 4.74 Å². The standard InChI is InChI=1S/C19H29N3O4/c1-19(2,3)22(18(24)25)21-11-7-10-16(13-21)12-20-17(23)26-14-15-8-5-4-6-9-15/h4-6,8-9,16H,7,10-14H2,1-3H3,(H,20,23)(H,24,25)/t16-/m1/s1. The van der Waals surface area contributed by atoms with Crippen LogP contribution in [-0.4, -0.2) is 52.5 Å². The van der Waals surface area contributed by atoms with E-state index in [1.54, 1.807) is 0 Å². The van der Waals surface area contributed by atoms with Crippen molar-refractivity contribution in [1.29, 1.82) is 0 Å². The number of ether oxygens (including phenoxy) is 1. The summed E-state index contributed by atoms with van der Waals surface area (Å²) in [6, 6.07) is 9.52. The van der Waals surface area contributed by atoms with E-state index in [0.717, 1.165) is 18.4 Å². The predicted molar refractivity (Wildman–Crippen MR) is 98.5 cm³/mol. The molecule has 0 bridgehead atoms. The Balaban J connectivity index is 1.80. The lowest BCUT2D eigenvalue weighted by Gasteiger charge is -2.45. The molecule has 0 saturated carbocycles. The first-order valence-corrected chi connectivity index (χ1v) is 9.00. The molecule has 0 spiro atoms. The van der Waals surface area contributed by atoms with Crippen LogP contribution in [0.1, 0.15) is 39.2 Å². The number of carbonyl (C=O) groups is 2. The van der Waals surface area contributed by atoms with Crippen LogP contribution in [0.2, 0.25) is 0 Å². The summed E-state index contributed by atoms with van der Waals surface area (Å²) in [7, 11) is 0. The summed E-state index contributed by atoms with van der Waals surface area (Å²) < 4.78 is 5.22. The normalized spacial score (nSPS) is 18.2. The van der Waals surface area contributed by atoms with Crippen molar-refractivity contribution in [2.45, 2.75) is 45.8 Å². The van der Waals surface area contributed by atoms with Gasteiger partial charge in [0.15, 0.2) is 0 Å². The number of carboxylic acid groups (broad SMARTS) is 1. The summed E-state index contributed by atoms with van der Waals surface area (Å²) in [5.41, 5.74) is 0.434. The second-order valence-corrected chi connectivity index (χ2v) is 7.63. The Morgan fingerprint density at radius 3 is 2.62 bits per heavy atom. The number of rotatable bonds is 5. The molecule has 144 valence electrons. The summed E-state index contributed by atoms with van der Waals surface area (Å²) in [4.78, 5) is 23.5. The molecule has 2 N–H and O–H groups in total. The van der Waals surface area contributed by atoms with Crippen molar-refractivity contribution < 1.29 is 19.4 Å². The highest BCUT2D eigenvalue weighted by Gasteiger charge is 2.34. The Morgan fingerprint density at radius 2 is 2.00 bits per heavy atom. The van der Waals surface area contributed by atoms with E-state index in [2.05, 4.69) is 5.32 Å². The van der Waals surface area contributed by atoms with E-state index in [1.165, 1.54) is 5.01 Å². The van der Waals surface area contributed by atoms with Crippen molar-refractivity contribution in [3.05, 3.63) is 35.9 Å². The first-order valence-electron chi connectivity index (χ1n) is 9.00. The van der Waals surface area contributed by atoms with Crippen molar-refractivity contribution in [2.75, 3.05) is 19.6 Å². The lowest BCUT2D eigenvalue weighted by atomic mass is 9.98. The first-order chi connectivity index (χ1) is 12.3. The minimum Gasteiger partial charge on any atom is -0.464 e. The molecule has 1 fully saturated rings. The van der Waals surface area contributed by atoms with E-state index in [9.17, 15) is 14.7 Å². The molecular formula is C19H29N3O4.